The van der Waals surface area contributed by atoms with E-state index in [1.807, 2.05) is 0 Å². The van der Waals surface area contributed by atoms with Crippen LogP contribution in [0, 0.1) is 6.92 Å². The molecule has 0 N–H and O–H groups in total. The molecule has 2 aromatic carbocycles. The van der Waals surface area contributed by atoms with E-state index in [1.54, 1.807) is 31.2 Å². The van der Waals surface area contributed by atoms with E-state index >= 15 is 0 Å². The summed E-state index contributed by atoms with van der Waals surface area (Å²) >= 11 is 5.89. The molecule has 0 spiro atoms. The minimum Gasteiger partial charge on any atom is -0.496 e. The SMILES string of the molecule is COc1ccc(S(=O)(=O)Oc2ccccc2Cl)cc1C. The summed E-state index contributed by atoms with van der Waals surface area (Å²) in [6, 6.07) is 10.9. The molecular weight excluding hydrogens is 300 g/mol. The van der Waals surface area contributed by atoms with Crippen LogP contribution >= 0.6 is 11.6 Å². The number of aryl methyl sites for hydroxylation is 1. The number of rotatable bonds is 4. The van der Waals surface area contributed by atoms with Crippen molar-refractivity contribution in [2.24, 2.45) is 0 Å². The van der Waals surface area contributed by atoms with Gasteiger partial charge < -0.3 is 8.92 Å². The summed E-state index contributed by atoms with van der Waals surface area (Å²) in [6.07, 6.45) is 0. The first-order valence-corrected chi connectivity index (χ1v) is 7.56. The summed E-state index contributed by atoms with van der Waals surface area (Å²) in [4.78, 5) is 0.0516. The topological polar surface area (TPSA) is 52.6 Å². The van der Waals surface area contributed by atoms with Crippen LogP contribution in [0.5, 0.6) is 11.5 Å². The Bertz CT molecular complexity index is 726. The highest BCUT2D eigenvalue weighted by Crippen LogP contribution is 2.28. The molecule has 0 radical (unpaired) electrons. The zero-order valence-corrected chi connectivity index (χ0v) is 12.5. The van der Waals surface area contributed by atoms with Crippen LogP contribution in [-0.2, 0) is 10.1 Å². The van der Waals surface area contributed by atoms with Gasteiger partial charge in [0.2, 0.25) is 0 Å². The van der Waals surface area contributed by atoms with Gasteiger partial charge in [-0.1, -0.05) is 23.7 Å². The third-order valence-corrected chi connectivity index (χ3v) is 4.23. The average molecular weight is 313 g/mol. The third-order valence-electron chi connectivity index (χ3n) is 2.69. The van der Waals surface area contributed by atoms with Crippen LogP contribution in [0.25, 0.3) is 0 Å². The zero-order valence-electron chi connectivity index (χ0n) is 11.0. The number of para-hydroxylation sites is 1. The van der Waals surface area contributed by atoms with Crippen LogP contribution < -0.4 is 8.92 Å². The van der Waals surface area contributed by atoms with Gasteiger partial charge in [0.05, 0.1) is 12.1 Å². The van der Waals surface area contributed by atoms with E-state index in [-0.39, 0.29) is 15.7 Å². The number of hydrogen-bond donors (Lipinski definition) is 0. The Morgan fingerprint density at radius 1 is 1.05 bits per heavy atom. The zero-order chi connectivity index (χ0) is 14.8. The third kappa shape index (κ3) is 3.05. The fraction of sp³-hybridized carbons (Fsp3) is 0.143. The van der Waals surface area contributed by atoms with Crippen LogP contribution in [-0.4, -0.2) is 15.5 Å². The van der Waals surface area contributed by atoms with Gasteiger partial charge in [-0.2, -0.15) is 8.42 Å². The van der Waals surface area contributed by atoms with Crippen LogP contribution in [0.2, 0.25) is 5.02 Å². The lowest BCUT2D eigenvalue weighted by Gasteiger charge is -2.10. The molecule has 0 fully saturated rings. The van der Waals surface area contributed by atoms with E-state index < -0.39 is 10.1 Å². The highest BCUT2D eigenvalue weighted by molar-refractivity contribution is 7.87. The summed E-state index contributed by atoms with van der Waals surface area (Å²) in [5.41, 5.74) is 0.705. The normalized spacial score (nSPS) is 11.2. The van der Waals surface area contributed by atoms with Gasteiger partial charge in [-0.05, 0) is 42.8 Å². The average Bonchev–Trinajstić information content (AvgIpc) is 2.41. The molecule has 0 aliphatic heterocycles. The smallest absolute Gasteiger partial charge is 0.339 e. The van der Waals surface area contributed by atoms with Gasteiger partial charge in [0.1, 0.15) is 10.6 Å². The lowest BCUT2D eigenvalue weighted by molar-refractivity contribution is 0.411. The molecule has 0 saturated heterocycles. The lowest BCUT2D eigenvalue weighted by atomic mass is 10.2. The number of ether oxygens (including phenoxy) is 1. The van der Waals surface area contributed by atoms with Crippen molar-refractivity contribution < 1.29 is 17.3 Å². The maximum absolute atomic E-state index is 12.2. The van der Waals surface area contributed by atoms with E-state index in [1.165, 1.54) is 25.3 Å². The molecule has 0 bridgehead atoms. The van der Waals surface area contributed by atoms with Gasteiger partial charge >= 0.3 is 10.1 Å². The van der Waals surface area contributed by atoms with Crippen LogP contribution in [0.4, 0.5) is 0 Å². The predicted octanol–water partition coefficient (Wildman–Crippen LogP) is 3.42. The molecule has 2 aromatic rings. The highest BCUT2D eigenvalue weighted by atomic mass is 35.5. The number of halogens is 1. The molecular formula is C14H13ClO4S. The fourth-order valence-electron chi connectivity index (χ4n) is 1.69. The molecule has 106 valence electrons. The second kappa shape index (κ2) is 5.73. The molecule has 6 heteroatoms. The lowest BCUT2D eigenvalue weighted by Crippen LogP contribution is -2.10. The molecule has 0 aliphatic rings. The standard InChI is InChI=1S/C14H13ClO4S/c1-10-9-11(7-8-13(10)18-2)20(16,17)19-14-6-4-3-5-12(14)15/h3-9H,1-2H3. The first-order valence-electron chi connectivity index (χ1n) is 5.77. The minimum absolute atomic E-state index is 0.0516. The minimum atomic E-state index is -3.92. The first-order chi connectivity index (χ1) is 9.44. The summed E-state index contributed by atoms with van der Waals surface area (Å²) in [5.74, 6) is 0.712. The Morgan fingerprint density at radius 2 is 1.75 bits per heavy atom. The predicted molar refractivity (Wildman–Crippen MR) is 77.0 cm³/mol. The quantitative estimate of drug-likeness (QED) is 0.812. The summed E-state index contributed by atoms with van der Waals surface area (Å²) in [6.45, 7) is 1.76. The van der Waals surface area contributed by atoms with Crippen molar-refractivity contribution in [3.05, 3.63) is 53.1 Å². The van der Waals surface area contributed by atoms with Crippen molar-refractivity contribution in [1.29, 1.82) is 0 Å². The molecule has 0 amide bonds. The van der Waals surface area contributed by atoms with Gasteiger partial charge in [0, 0.05) is 0 Å². The van der Waals surface area contributed by atoms with Gasteiger partial charge in [-0.15, -0.1) is 0 Å². The Kier molecular flexibility index (Phi) is 4.20. The number of hydrogen-bond acceptors (Lipinski definition) is 4. The van der Waals surface area contributed by atoms with Crippen molar-refractivity contribution in [3.8, 4) is 11.5 Å². The van der Waals surface area contributed by atoms with Gasteiger partial charge in [-0.25, -0.2) is 0 Å². The van der Waals surface area contributed by atoms with Crippen LogP contribution in [0.1, 0.15) is 5.56 Å². The molecule has 0 saturated carbocycles. The van der Waals surface area contributed by atoms with E-state index in [9.17, 15) is 8.42 Å². The molecule has 2 rings (SSSR count). The largest absolute Gasteiger partial charge is 0.496 e. The maximum Gasteiger partial charge on any atom is 0.339 e. The Balaban J connectivity index is 2.36. The van der Waals surface area contributed by atoms with Crippen LogP contribution in [0.15, 0.2) is 47.4 Å². The highest BCUT2D eigenvalue weighted by Gasteiger charge is 2.19. The van der Waals surface area contributed by atoms with E-state index in [2.05, 4.69) is 0 Å². The monoisotopic (exact) mass is 312 g/mol. The Labute approximate surface area is 123 Å². The van der Waals surface area contributed by atoms with Crippen molar-refractivity contribution in [1.82, 2.24) is 0 Å². The van der Waals surface area contributed by atoms with Crippen molar-refractivity contribution >= 4 is 21.7 Å². The van der Waals surface area contributed by atoms with Gasteiger partial charge in [0.15, 0.2) is 5.75 Å². The second-order valence-corrected chi connectivity index (χ2v) is 6.05. The molecule has 0 atom stereocenters. The van der Waals surface area contributed by atoms with Crippen molar-refractivity contribution in [2.45, 2.75) is 11.8 Å². The molecule has 0 aliphatic carbocycles. The second-order valence-electron chi connectivity index (χ2n) is 4.10. The summed E-state index contributed by atoms with van der Waals surface area (Å²) < 4.78 is 34.5. The molecule has 20 heavy (non-hydrogen) atoms. The molecule has 4 nitrogen and oxygen atoms in total. The molecule has 0 heterocycles. The maximum atomic E-state index is 12.2. The van der Waals surface area contributed by atoms with E-state index in [4.69, 9.17) is 20.5 Å². The van der Waals surface area contributed by atoms with E-state index in [0.29, 0.717) is 11.3 Å². The Morgan fingerprint density at radius 3 is 2.35 bits per heavy atom. The molecule has 0 aromatic heterocycles. The number of benzene rings is 2. The fourth-order valence-corrected chi connectivity index (χ4v) is 2.94. The van der Waals surface area contributed by atoms with Gasteiger partial charge in [0.25, 0.3) is 0 Å². The van der Waals surface area contributed by atoms with E-state index in [0.717, 1.165) is 0 Å². The summed E-state index contributed by atoms with van der Waals surface area (Å²) in [5, 5.41) is 0.237. The van der Waals surface area contributed by atoms with Crippen LogP contribution in [0.3, 0.4) is 0 Å². The molecule has 0 unspecified atom stereocenters. The number of methoxy groups -OCH3 is 1. The first kappa shape index (κ1) is 14.7. The Hall–Kier alpha value is -1.72. The van der Waals surface area contributed by atoms with Crippen molar-refractivity contribution in [3.63, 3.8) is 0 Å². The van der Waals surface area contributed by atoms with Gasteiger partial charge in [-0.3, -0.25) is 0 Å². The summed E-state index contributed by atoms with van der Waals surface area (Å²) in [7, 11) is -2.40. The van der Waals surface area contributed by atoms with Crippen molar-refractivity contribution in [2.75, 3.05) is 7.11 Å².